The van der Waals surface area contributed by atoms with Crippen LogP contribution in [0.15, 0.2) is 91.5 Å². The van der Waals surface area contributed by atoms with Crippen molar-refractivity contribution in [2.75, 3.05) is 0 Å². The van der Waals surface area contributed by atoms with Crippen molar-refractivity contribution in [1.82, 2.24) is 0 Å². The molecule has 0 aliphatic carbocycles. The fourth-order valence-electron chi connectivity index (χ4n) is 3.39. The SMILES string of the molecule is C=C(/C=C\C(=C/C)c1ccc(C)cc1)c1cccc2c1sc1ccccc12. The zero-order valence-electron chi connectivity index (χ0n) is 15.7. The average molecular weight is 367 g/mol. The van der Waals surface area contributed by atoms with Gasteiger partial charge in [-0.2, -0.15) is 0 Å². The minimum atomic E-state index is 1.04. The fraction of sp³-hybridized carbons (Fsp3) is 0.0769. The molecule has 0 nitrogen and oxygen atoms in total. The van der Waals surface area contributed by atoms with Crippen LogP contribution in [0, 0.1) is 6.92 Å². The predicted molar refractivity (Wildman–Crippen MR) is 122 cm³/mol. The lowest BCUT2D eigenvalue weighted by molar-refractivity contribution is 1.45. The monoisotopic (exact) mass is 366 g/mol. The van der Waals surface area contributed by atoms with Crippen LogP contribution < -0.4 is 0 Å². The summed E-state index contributed by atoms with van der Waals surface area (Å²) >= 11 is 1.85. The molecule has 132 valence electrons. The molecule has 3 aromatic carbocycles. The molecule has 0 unspecified atom stereocenters. The summed E-state index contributed by atoms with van der Waals surface area (Å²) in [6.45, 7) is 8.54. The molecule has 1 aromatic heterocycles. The largest absolute Gasteiger partial charge is 0.135 e. The van der Waals surface area contributed by atoms with E-state index in [1.165, 1.54) is 42.4 Å². The average Bonchev–Trinajstić information content (AvgIpc) is 3.08. The molecule has 0 atom stereocenters. The fourth-order valence-corrected chi connectivity index (χ4v) is 4.64. The molecule has 0 radical (unpaired) electrons. The molecule has 4 rings (SSSR count). The van der Waals surface area contributed by atoms with Crippen molar-refractivity contribution in [1.29, 1.82) is 0 Å². The van der Waals surface area contributed by atoms with E-state index in [-0.39, 0.29) is 0 Å². The maximum absolute atomic E-state index is 4.35. The van der Waals surface area contributed by atoms with Crippen molar-refractivity contribution in [3.05, 3.63) is 108 Å². The minimum Gasteiger partial charge on any atom is -0.135 e. The van der Waals surface area contributed by atoms with Crippen LogP contribution in [0.25, 0.3) is 31.3 Å². The van der Waals surface area contributed by atoms with Gasteiger partial charge in [-0.3, -0.25) is 0 Å². The maximum atomic E-state index is 4.35. The van der Waals surface area contributed by atoms with E-state index in [1.807, 2.05) is 11.3 Å². The highest BCUT2D eigenvalue weighted by atomic mass is 32.1. The van der Waals surface area contributed by atoms with Gasteiger partial charge in [-0.25, -0.2) is 0 Å². The molecular formula is C26H22S. The van der Waals surface area contributed by atoms with E-state index in [1.54, 1.807) is 0 Å². The Labute approximate surface area is 164 Å². The van der Waals surface area contributed by atoms with Gasteiger partial charge in [0.15, 0.2) is 0 Å². The first-order valence-electron chi connectivity index (χ1n) is 9.18. The van der Waals surface area contributed by atoms with Crippen LogP contribution >= 0.6 is 11.3 Å². The van der Waals surface area contributed by atoms with Crippen molar-refractivity contribution >= 4 is 42.7 Å². The number of benzene rings is 3. The summed E-state index contributed by atoms with van der Waals surface area (Å²) in [5, 5.41) is 2.64. The number of fused-ring (bicyclic) bond motifs is 3. The summed E-state index contributed by atoms with van der Waals surface area (Å²) < 4.78 is 2.64. The quantitative estimate of drug-likeness (QED) is 0.321. The van der Waals surface area contributed by atoms with Gasteiger partial charge in [0.1, 0.15) is 0 Å². The zero-order valence-corrected chi connectivity index (χ0v) is 16.5. The first kappa shape index (κ1) is 17.5. The lowest BCUT2D eigenvalue weighted by Gasteiger charge is -2.05. The number of rotatable bonds is 4. The van der Waals surface area contributed by atoms with Gasteiger partial charge in [-0.15, -0.1) is 11.3 Å². The first-order valence-corrected chi connectivity index (χ1v) is 10.00. The Kier molecular flexibility index (Phi) is 4.79. The third kappa shape index (κ3) is 3.39. The van der Waals surface area contributed by atoms with E-state index >= 15 is 0 Å². The highest BCUT2D eigenvalue weighted by Gasteiger charge is 2.09. The van der Waals surface area contributed by atoms with E-state index in [0.29, 0.717) is 0 Å². The summed E-state index contributed by atoms with van der Waals surface area (Å²) in [5.74, 6) is 0. The van der Waals surface area contributed by atoms with Gasteiger partial charge < -0.3 is 0 Å². The third-order valence-corrected chi connectivity index (χ3v) is 6.13. The van der Waals surface area contributed by atoms with Gasteiger partial charge in [0.05, 0.1) is 0 Å². The molecule has 0 spiro atoms. The topological polar surface area (TPSA) is 0 Å². The molecular weight excluding hydrogens is 344 g/mol. The number of aryl methyl sites for hydroxylation is 1. The molecule has 0 saturated heterocycles. The van der Waals surface area contributed by atoms with Gasteiger partial charge >= 0.3 is 0 Å². The van der Waals surface area contributed by atoms with Crippen molar-refractivity contribution in [2.45, 2.75) is 13.8 Å². The Hall–Kier alpha value is -2.90. The number of hydrogen-bond donors (Lipinski definition) is 0. The predicted octanol–water partition coefficient (Wildman–Crippen LogP) is 8.04. The van der Waals surface area contributed by atoms with Crippen molar-refractivity contribution in [3.63, 3.8) is 0 Å². The van der Waals surface area contributed by atoms with Crippen molar-refractivity contribution in [2.24, 2.45) is 0 Å². The van der Waals surface area contributed by atoms with Gasteiger partial charge in [0, 0.05) is 20.2 Å². The molecule has 0 amide bonds. The zero-order chi connectivity index (χ0) is 18.8. The molecule has 0 saturated carbocycles. The second-order valence-electron chi connectivity index (χ2n) is 6.75. The van der Waals surface area contributed by atoms with Crippen LogP contribution in [0.5, 0.6) is 0 Å². The minimum absolute atomic E-state index is 1.04. The Balaban J connectivity index is 1.70. The Morgan fingerprint density at radius 1 is 0.852 bits per heavy atom. The summed E-state index contributed by atoms with van der Waals surface area (Å²) in [4.78, 5) is 0. The second kappa shape index (κ2) is 7.38. The lowest BCUT2D eigenvalue weighted by atomic mass is 10.00. The summed E-state index contributed by atoms with van der Waals surface area (Å²) in [6, 6.07) is 23.8. The number of hydrogen-bond acceptors (Lipinski definition) is 1. The summed E-state index contributed by atoms with van der Waals surface area (Å²) in [6.07, 6.45) is 6.45. The van der Waals surface area contributed by atoms with E-state index in [0.717, 1.165) is 5.57 Å². The Morgan fingerprint density at radius 2 is 1.59 bits per heavy atom. The summed E-state index contributed by atoms with van der Waals surface area (Å²) in [7, 11) is 0. The molecule has 27 heavy (non-hydrogen) atoms. The molecule has 1 heteroatoms. The standard InChI is InChI=1S/C26H22S/c1-4-20(21-15-12-18(2)13-16-21)17-14-19(3)22-9-7-10-24-23-8-5-6-11-25(23)27-26(22)24/h4-17H,3H2,1-2H3/b17-14-,20-4+. The van der Waals surface area contributed by atoms with Gasteiger partial charge in [-0.05, 0) is 42.2 Å². The molecule has 0 bridgehead atoms. The third-order valence-electron chi connectivity index (χ3n) is 4.91. The molecule has 0 N–H and O–H groups in total. The van der Waals surface area contributed by atoms with Crippen molar-refractivity contribution in [3.8, 4) is 0 Å². The van der Waals surface area contributed by atoms with E-state index in [2.05, 4.69) is 105 Å². The van der Waals surface area contributed by atoms with Crippen LogP contribution in [-0.2, 0) is 0 Å². The highest BCUT2D eigenvalue weighted by Crippen LogP contribution is 2.38. The van der Waals surface area contributed by atoms with Gasteiger partial charge in [-0.1, -0.05) is 91.0 Å². The summed E-state index contributed by atoms with van der Waals surface area (Å²) in [5.41, 5.74) is 5.97. The maximum Gasteiger partial charge on any atom is 0.0433 e. The van der Waals surface area contributed by atoms with E-state index < -0.39 is 0 Å². The molecule has 4 aromatic rings. The smallest absolute Gasteiger partial charge is 0.0433 e. The normalized spacial score (nSPS) is 12.3. The van der Waals surface area contributed by atoms with Crippen LogP contribution in [0.3, 0.4) is 0 Å². The molecule has 1 heterocycles. The Morgan fingerprint density at radius 3 is 2.37 bits per heavy atom. The lowest BCUT2D eigenvalue weighted by Crippen LogP contribution is -1.83. The highest BCUT2D eigenvalue weighted by molar-refractivity contribution is 7.26. The number of allylic oxidation sites excluding steroid dienone is 5. The van der Waals surface area contributed by atoms with Gasteiger partial charge in [0.2, 0.25) is 0 Å². The van der Waals surface area contributed by atoms with Gasteiger partial charge in [0.25, 0.3) is 0 Å². The molecule has 0 fully saturated rings. The van der Waals surface area contributed by atoms with E-state index in [9.17, 15) is 0 Å². The van der Waals surface area contributed by atoms with Crippen molar-refractivity contribution < 1.29 is 0 Å². The van der Waals surface area contributed by atoms with Crippen LogP contribution in [0.4, 0.5) is 0 Å². The van der Waals surface area contributed by atoms with Crippen LogP contribution in [0.1, 0.15) is 23.6 Å². The van der Waals surface area contributed by atoms with E-state index in [4.69, 9.17) is 0 Å². The molecule has 0 aliphatic heterocycles. The van der Waals surface area contributed by atoms with Crippen LogP contribution in [-0.4, -0.2) is 0 Å². The first-order chi connectivity index (χ1) is 13.2. The Bertz CT molecular complexity index is 1180. The molecule has 0 aliphatic rings. The van der Waals surface area contributed by atoms with Crippen LogP contribution in [0.2, 0.25) is 0 Å². The second-order valence-corrected chi connectivity index (χ2v) is 7.80. The number of thiophene rings is 1.